The molecule has 0 aliphatic carbocycles. The maximum absolute atomic E-state index is 5.84. The van der Waals surface area contributed by atoms with Gasteiger partial charge in [-0.15, -0.1) is 0 Å². The average Bonchev–Trinajstić information content (AvgIpc) is 2.32. The second kappa shape index (κ2) is 5.08. The van der Waals surface area contributed by atoms with Crippen LogP contribution in [0.4, 0.5) is 11.4 Å². The van der Waals surface area contributed by atoms with Crippen LogP contribution in [-0.2, 0) is 6.54 Å². The van der Waals surface area contributed by atoms with Crippen molar-refractivity contribution >= 4 is 11.4 Å². The van der Waals surface area contributed by atoms with Crippen molar-refractivity contribution in [2.45, 2.75) is 20.4 Å². The molecule has 0 fully saturated rings. The minimum atomic E-state index is 0.784. The molecule has 1 aromatic carbocycles. The molecule has 0 bridgehead atoms. The number of rotatable bonds is 3. The molecular weight excluding hydrogens is 222 g/mol. The highest BCUT2D eigenvalue weighted by Gasteiger charge is 2.06. The molecule has 2 rings (SSSR count). The first kappa shape index (κ1) is 12.4. The fourth-order valence-corrected chi connectivity index (χ4v) is 2.05. The van der Waals surface area contributed by atoms with E-state index in [1.54, 1.807) is 0 Å². The molecule has 2 aromatic rings. The summed E-state index contributed by atoms with van der Waals surface area (Å²) in [6, 6.07) is 12.1. The molecule has 0 spiro atoms. The molecule has 0 atom stereocenters. The Labute approximate surface area is 108 Å². The summed E-state index contributed by atoms with van der Waals surface area (Å²) in [4.78, 5) is 6.69. The van der Waals surface area contributed by atoms with Crippen molar-refractivity contribution in [2.75, 3.05) is 17.7 Å². The maximum Gasteiger partial charge on any atom is 0.0600 e. The van der Waals surface area contributed by atoms with Gasteiger partial charge >= 0.3 is 0 Å². The van der Waals surface area contributed by atoms with Gasteiger partial charge in [0.05, 0.1) is 12.2 Å². The number of benzene rings is 1. The van der Waals surface area contributed by atoms with Gasteiger partial charge in [0.1, 0.15) is 0 Å². The monoisotopic (exact) mass is 241 g/mol. The van der Waals surface area contributed by atoms with Crippen LogP contribution in [0.15, 0.2) is 36.4 Å². The summed E-state index contributed by atoms with van der Waals surface area (Å²) in [5, 5.41) is 0. The number of hydrogen-bond acceptors (Lipinski definition) is 3. The molecule has 0 aliphatic rings. The highest BCUT2D eigenvalue weighted by atomic mass is 15.1. The van der Waals surface area contributed by atoms with Crippen molar-refractivity contribution in [3.63, 3.8) is 0 Å². The number of aromatic nitrogens is 1. The SMILES string of the molecule is Cc1cccc(CN(C)c2cc(N)ccc2C)n1. The summed E-state index contributed by atoms with van der Waals surface area (Å²) >= 11 is 0. The normalized spacial score (nSPS) is 10.4. The van der Waals surface area contributed by atoms with Gasteiger partial charge in [0.15, 0.2) is 0 Å². The third kappa shape index (κ3) is 2.80. The van der Waals surface area contributed by atoms with Gasteiger partial charge in [-0.2, -0.15) is 0 Å². The van der Waals surface area contributed by atoms with Gasteiger partial charge in [0, 0.05) is 24.1 Å². The van der Waals surface area contributed by atoms with E-state index in [9.17, 15) is 0 Å². The fraction of sp³-hybridized carbons (Fsp3) is 0.267. The van der Waals surface area contributed by atoms with Crippen molar-refractivity contribution in [2.24, 2.45) is 0 Å². The number of anilines is 2. The zero-order valence-electron chi connectivity index (χ0n) is 11.1. The molecule has 0 aliphatic heterocycles. The summed E-state index contributed by atoms with van der Waals surface area (Å²) in [5.41, 5.74) is 11.1. The van der Waals surface area contributed by atoms with Gasteiger partial charge in [-0.3, -0.25) is 4.98 Å². The van der Waals surface area contributed by atoms with Crippen molar-refractivity contribution < 1.29 is 0 Å². The summed E-state index contributed by atoms with van der Waals surface area (Å²) in [6.45, 7) is 4.89. The first-order valence-corrected chi connectivity index (χ1v) is 6.06. The third-order valence-corrected chi connectivity index (χ3v) is 2.99. The predicted molar refractivity (Wildman–Crippen MR) is 76.7 cm³/mol. The number of hydrogen-bond donors (Lipinski definition) is 1. The first-order chi connectivity index (χ1) is 8.56. The van der Waals surface area contributed by atoms with E-state index in [1.165, 1.54) is 5.56 Å². The van der Waals surface area contributed by atoms with Crippen LogP contribution in [0.2, 0.25) is 0 Å². The smallest absolute Gasteiger partial charge is 0.0600 e. The van der Waals surface area contributed by atoms with E-state index >= 15 is 0 Å². The van der Waals surface area contributed by atoms with Crippen LogP contribution in [0.1, 0.15) is 17.0 Å². The fourth-order valence-electron chi connectivity index (χ4n) is 2.05. The van der Waals surface area contributed by atoms with Crippen molar-refractivity contribution in [3.8, 4) is 0 Å². The highest BCUT2D eigenvalue weighted by molar-refractivity contribution is 5.60. The Bertz CT molecular complexity index is 549. The second-order valence-corrected chi connectivity index (χ2v) is 4.67. The van der Waals surface area contributed by atoms with Crippen LogP contribution < -0.4 is 10.6 Å². The van der Waals surface area contributed by atoms with Crippen LogP contribution >= 0.6 is 0 Å². The minimum Gasteiger partial charge on any atom is -0.399 e. The zero-order valence-corrected chi connectivity index (χ0v) is 11.1. The van der Waals surface area contributed by atoms with Crippen LogP contribution in [-0.4, -0.2) is 12.0 Å². The number of pyridine rings is 1. The van der Waals surface area contributed by atoms with Gasteiger partial charge in [0.25, 0.3) is 0 Å². The minimum absolute atomic E-state index is 0.784. The molecule has 3 heteroatoms. The molecule has 1 aromatic heterocycles. The average molecular weight is 241 g/mol. The Kier molecular flexibility index (Phi) is 3.51. The van der Waals surface area contributed by atoms with Gasteiger partial charge in [0.2, 0.25) is 0 Å². The van der Waals surface area contributed by atoms with Crippen molar-refractivity contribution in [1.82, 2.24) is 4.98 Å². The van der Waals surface area contributed by atoms with E-state index in [0.29, 0.717) is 0 Å². The highest BCUT2D eigenvalue weighted by Crippen LogP contribution is 2.22. The molecule has 94 valence electrons. The maximum atomic E-state index is 5.84. The molecular formula is C15H19N3. The third-order valence-electron chi connectivity index (χ3n) is 2.99. The molecule has 2 N–H and O–H groups in total. The Hall–Kier alpha value is -2.03. The van der Waals surface area contributed by atoms with Crippen molar-refractivity contribution in [1.29, 1.82) is 0 Å². The molecule has 0 saturated carbocycles. The molecule has 0 unspecified atom stereocenters. The van der Waals surface area contributed by atoms with Gasteiger partial charge in [-0.25, -0.2) is 0 Å². The Morgan fingerprint density at radius 3 is 2.67 bits per heavy atom. The molecule has 1 heterocycles. The van der Waals surface area contributed by atoms with Crippen LogP contribution in [0.25, 0.3) is 0 Å². The molecule has 3 nitrogen and oxygen atoms in total. The summed E-state index contributed by atoms with van der Waals surface area (Å²) in [6.07, 6.45) is 0. The molecule has 0 saturated heterocycles. The van der Waals surface area contributed by atoms with Crippen molar-refractivity contribution in [3.05, 3.63) is 53.3 Å². The van der Waals surface area contributed by atoms with Crippen LogP contribution in [0.3, 0.4) is 0 Å². The number of nitrogens with zero attached hydrogens (tertiary/aromatic N) is 2. The Balaban J connectivity index is 2.21. The Morgan fingerprint density at radius 2 is 1.94 bits per heavy atom. The van der Waals surface area contributed by atoms with E-state index < -0.39 is 0 Å². The van der Waals surface area contributed by atoms with Gasteiger partial charge < -0.3 is 10.6 Å². The zero-order chi connectivity index (χ0) is 13.1. The molecule has 18 heavy (non-hydrogen) atoms. The van der Waals surface area contributed by atoms with E-state index in [1.807, 2.05) is 43.3 Å². The predicted octanol–water partition coefficient (Wildman–Crippen LogP) is 2.92. The first-order valence-electron chi connectivity index (χ1n) is 6.06. The summed E-state index contributed by atoms with van der Waals surface area (Å²) < 4.78 is 0. The van der Waals surface area contributed by atoms with Crippen LogP contribution in [0.5, 0.6) is 0 Å². The lowest BCUT2D eigenvalue weighted by Gasteiger charge is -2.21. The number of nitrogen functional groups attached to an aromatic ring is 1. The van der Waals surface area contributed by atoms with E-state index in [2.05, 4.69) is 23.9 Å². The van der Waals surface area contributed by atoms with Crippen LogP contribution in [0, 0.1) is 13.8 Å². The lowest BCUT2D eigenvalue weighted by atomic mass is 10.1. The van der Waals surface area contributed by atoms with E-state index in [4.69, 9.17) is 5.73 Å². The molecule has 0 radical (unpaired) electrons. The topological polar surface area (TPSA) is 42.1 Å². The lowest BCUT2D eigenvalue weighted by Crippen LogP contribution is -2.18. The summed E-state index contributed by atoms with van der Waals surface area (Å²) in [5.74, 6) is 0. The van der Waals surface area contributed by atoms with Gasteiger partial charge in [-0.1, -0.05) is 12.1 Å². The number of aryl methyl sites for hydroxylation is 2. The Morgan fingerprint density at radius 1 is 1.17 bits per heavy atom. The van der Waals surface area contributed by atoms with E-state index in [-0.39, 0.29) is 0 Å². The largest absolute Gasteiger partial charge is 0.399 e. The quantitative estimate of drug-likeness (QED) is 0.840. The summed E-state index contributed by atoms with van der Waals surface area (Å²) in [7, 11) is 2.06. The van der Waals surface area contributed by atoms with E-state index in [0.717, 1.165) is 29.3 Å². The lowest BCUT2D eigenvalue weighted by molar-refractivity contribution is 0.873. The van der Waals surface area contributed by atoms with Gasteiger partial charge in [-0.05, 0) is 43.7 Å². The standard InChI is InChI=1S/C15H19N3/c1-11-7-8-13(16)9-15(11)18(3)10-14-6-4-5-12(2)17-14/h4-9H,10,16H2,1-3H3. The number of nitrogens with two attached hydrogens (primary N) is 1. The molecule has 0 amide bonds. The second-order valence-electron chi connectivity index (χ2n) is 4.67.